The van der Waals surface area contributed by atoms with Gasteiger partial charge in [0.05, 0.1) is 6.04 Å². The molecule has 1 atom stereocenters. The summed E-state index contributed by atoms with van der Waals surface area (Å²) in [5.41, 5.74) is 2.74. The second kappa shape index (κ2) is 5.98. The number of aryl methyl sites for hydroxylation is 1. The minimum atomic E-state index is 0.318. The number of rotatable bonds is 4. The average molecular weight is 357 g/mol. The molecular formula is C14H16INS. The summed E-state index contributed by atoms with van der Waals surface area (Å²) in [6.07, 6.45) is 0. The molecule has 1 nitrogen and oxygen atoms in total. The number of hydrogen-bond acceptors (Lipinski definition) is 2. The number of hydrogen-bond donors (Lipinski definition) is 1. The number of benzene rings is 1. The predicted molar refractivity (Wildman–Crippen MR) is 83.7 cm³/mol. The van der Waals surface area contributed by atoms with Gasteiger partial charge in [-0.05, 0) is 64.7 Å². The van der Waals surface area contributed by atoms with E-state index in [2.05, 4.69) is 77.5 Å². The molecule has 1 heterocycles. The highest BCUT2D eigenvalue weighted by Crippen LogP contribution is 2.29. The van der Waals surface area contributed by atoms with Gasteiger partial charge in [0.1, 0.15) is 0 Å². The van der Waals surface area contributed by atoms with Crippen LogP contribution in [0.2, 0.25) is 0 Å². The summed E-state index contributed by atoms with van der Waals surface area (Å²) >= 11 is 4.23. The van der Waals surface area contributed by atoms with Crippen molar-refractivity contribution < 1.29 is 0 Å². The van der Waals surface area contributed by atoms with Crippen LogP contribution in [0.3, 0.4) is 0 Å². The Balaban J connectivity index is 2.39. The normalized spacial score (nSPS) is 12.6. The Bertz CT molecular complexity index is 492. The van der Waals surface area contributed by atoms with Crippen LogP contribution < -0.4 is 5.32 Å². The lowest BCUT2D eigenvalue weighted by atomic mass is 10.0. The highest BCUT2D eigenvalue weighted by atomic mass is 127. The third-order valence-corrected chi connectivity index (χ3v) is 4.57. The third kappa shape index (κ3) is 3.09. The van der Waals surface area contributed by atoms with E-state index in [4.69, 9.17) is 0 Å². The highest BCUT2D eigenvalue weighted by molar-refractivity contribution is 14.1. The standard InChI is InChI=1S/C14H16INS/c1-3-16-14(11-8-10(2)17-9-11)12-6-4-5-7-13(12)15/h4-9,14,16H,3H2,1-2H3. The van der Waals surface area contributed by atoms with Gasteiger partial charge in [0, 0.05) is 8.45 Å². The Morgan fingerprint density at radius 1 is 1.35 bits per heavy atom. The van der Waals surface area contributed by atoms with Crippen molar-refractivity contribution in [1.29, 1.82) is 0 Å². The first kappa shape index (κ1) is 13.1. The Kier molecular flexibility index (Phi) is 4.59. The quantitative estimate of drug-likeness (QED) is 0.802. The summed E-state index contributed by atoms with van der Waals surface area (Å²) < 4.78 is 1.32. The minimum Gasteiger partial charge on any atom is -0.306 e. The van der Waals surface area contributed by atoms with E-state index in [-0.39, 0.29) is 0 Å². The zero-order chi connectivity index (χ0) is 12.3. The van der Waals surface area contributed by atoms with Gasteiger partial charge in [-0.3, -0.25) is 0 Å². The zero-order valence-electron chi connectivity index (χ0n) is 10.0. The molecule has 1 aromatic carbocycles. The van der Waals surface area contributed by atoms with Crippen molar-refractivity contribution in [2.75, 3.05) is 6.54 Å². The maximum absolute atomic E-state index is 3.57. The van der Waals surface area contributed by atoms with Gasteiger partial charge in [-0.2, -0.15) is 0 Å². The van der Waals surface area contributed by atoms with Crippen LogP contribution in [0.1, 0.15) is 29.0 Å². The van der Waals surface area contributed by atoms with Crippen LogP contribution in [0.4, 0.5) is 0 Å². The molecule has 2 rings (SSSR count). The monoisotopic (exact) mass is 357 g/mol. The fourth-order valence-corrected chi connectivity index (χ4v) is 3.36. The molecule has 0 bridgehead atoms. The van der Waals surface area contributed by atoms with E-state index < -0.39 is 0 Å². The number of nitrogens with one attached hydrogen (secondary N) is 1. The Morgan fingerprint density at radius 2 is 2.12 bits per heavy atom. The lowest BCUT2D eigenvalue weighted by molar-refractivity contribution is 0.630. The maximum Gasteiger partial charge on any atom is 0.0595 e. The van der Waals surface area contributed by atoms with E-state index in [1.165, 1.54) is 19.6 Å². The van der Waals surface area contributed by atoms with Crippen LogP contribution in [0.5, 0.6) is 0 Å². The third-order valence-electron chi connectivity index (χ3n) is 2.71. The summed E-state index contributed by atoms with van der Waals surface area (Å²) in [5, 5.41) is 5.83. The molecule has 17 heavy (non-hydrogen) atoms. The number of halogens is 1. The molecule has 0 amide bonds. The molecule has 0 saturated heterocycles. The largest absolute Gasteiger partial charge is 0.306 e. The average Bonchev–Trinajstić information content (AvgIpc) is 2.74. The molecule has 90 valence electrons. The summed E-state index contributed by atoms with van der Waals surface area (Å²) in [7, 11) is 0. The first-order valence-corrected chi connectivity index (χ1v) is 7.71. The van der Waals surface area contributed by atoms with Crippen LogP contribution in [0.15, 0.2) is 35.7 Å². The fourth-order valence-electron chi connectivity index (χ4n) is 1.94. The second-order valence-corrected chi connectivity index (χ2v) is 6.28. The maximum atomic E-state index is 3.57. The molecule has 0 aliphatic heterocycles. The van der Waals surface area contributed by atoms with Crippen LogP contribution in [-0.2, 0) is 0 Å². The molecule has 2 aromatic rings. The molecule has 1 aromatic heterocycles. The van der Waals surface area contributed by atoms with Crippen molar-refractivity contribution in [2.24, 2.45) is 0 Å². The topological polar surface area (TPSA) is 12.0 Å². The summed E-state index contributed by atoms with van der Waals surface area (Å²) in [5.74, 6) is 0. The molecule has 1 N–H and O–H groups in total. The van der Waals surface area contributed by atoms with Gasteiger partial charge in [-0.25, -0.2) is 0 Å². The van der Waals surface area contributed by atoms with Gasteiger partial charge in [-0.15, -0.1) is 11.3 Å². The van der Waals surface area contributed by atoms with Crippen molar-refractivity contribution >= 4 is 33.9 Å². The van der Waals surface area contributed by atoms with E-state index in [0.29, 0.717) is 6.04 Å². The molecule has 0 aliphatic rings. The van der Waals surface area contributed by atoms with Crippen molar-refractivity contribution in [3.8, 4) is 0 Å². The lowest BCUT2D eigenvalue weighted by Gasteiger charge is -2.18. The summed E-state index contributed by atoms with van der Waals surface area (Å²) in [6, 6.07) is 11.2. The van der Waals surface area contributed by atoms with Crippen LogP contribution in [0.25, 0.3) is 0 Å². The summed E-state index contributed by atoms with van der Waals surface area (Å²) in [6.45, 7) is 5.29. The smallest absolute Gasteiger partial charge is 0.0595 e. The van der Waals surface area contributed by atoms with Crippen molar-refractivity contribution in [3.05, 3.63) is 55.3 Å². The molecule has 0 radical (unpaired) electrons. The zero-order valence-corrected chi connectivity index (χ0v) is 13.0. The number of thiophene rings is 1. The molecule has 3 heteroatoms. The van der Waals surface area contributed by atoms with E-state index in [1.54, 1.807) is 0 Å². The minimum absolute atomic E-state index is 0.318. The molecule has 0 saturated carbocycles. The van der Waals surface area contributed by atoms with Gasteiger partial charge in [-0.1, -0.05) is 25.1 Å². The van der Waals surface area contributed by atoms with E-state index >= 15 is 0 Å². The van der Waals surface area contributed by atoms with Crippen LogP contribution in [0, 0.1) is 10.5 Å². The van der Waals surface area contributed by atoms with Gasteiger partial charge >= 0.3 is 0 Å². The Hall–Kier alpha value is -0.390. The first-order valence-electron chi connectivity index (χ1n) is 5.75. The molecular weight excluding hydrogens is 341 g/mol. The van der Waals surface area contributed by atoms with Gasteiger partial charge < -0.3 is 5.32 Å². The van der Waals surface area contributed by atoms with Crippen molar-refractivity contribution in [2.45, 2.75) is 19.9 Å². The van der Waals surface area contributed by atoms with Crippen molar-refractivity contribution in [1.82, 2.24) is 5.32 Å². The Labute approximate surface area is 120 Å². The molecule has 0 fully saturated rings. The summed E-state index contributed by atoms with van der Waals surface area (Å²) in [4.78, 5) is 1.37. The van der Waals surface area contributed by atoms with Crippen LogP contribution >= 0.6 is 33.9 Å². The Morgan fingerprint density at radius 3 is 2.71 bits per heavy atom. The van der Waals surface area contributed by atoms with E-state index in [9.17, 15) is 0 Å². The first-order chi connectivity index (χ1) is 8.22. The fraction of sp³-hybridized carbons (Fsp3) is 0.286. The van der Waals surface area contributed by atoms with E-state index in [1.807, 2.05) is 11.3 Å². The molecule has 0 aliphatic carbocycles. The van der Waals surface area contributed by atoms with Gasteiger partial charge in [0.15, 0.2) is 0 Å². The van der Waals surface area contributed by atoms with Crippen molar-refractivity contribution in [3.63, 3.8) is 0 Å². The molecule has 0 spiro atoms. The molecule has 1 unspecified atom stereocenters. The SMILES string of the molecule is CCNC(c1csc(C)c1)c1ccccc1I. The lowest BCUT2D eigenvalue weighted by Crippen LogP contribution is -2.22. The second-order valence-electron chi connectivity index (χ2n) is 4.00. The van der Waals surface area contributed by atoms with Gasteiger partial charge in [0.25, 0.3) is 0 Å². The highest BCUT2D eigenvalue weighted by Gasteiger charge is 2.16. The van der Waals surface area contributed by atoms with E-state index in [0.717, 1.165) is 6.54 Å². The van der Waals surface area contributed by atoms with Crippen LogP contribution in [-0.4, -0.2) is 6.54 Å². The van der Waals surface area contributed by atoms with Gasteiger partial charge in [0.2, 0.25) is 0 Å². The predicted octanol–water partition coefficient (Wildman–Crippen LogP) is 4.36.